The Morgan fingerprint density at radius 3 is 2.11 bits per heavy atom. The number of fused-ring (bicyclic) bond motifs is 2. The molecule has 1 aliphatic rings. The molecule has 0 aliphatic heterocycles. The molecule has 1 atom stereocenters. The molecule has 1 aliphatic carbocycles. The van der Waals surface area contributed by atoms with E-state index < -0.39 is 11.4 Å². The third-order valence-electron chi connectivity index (χ3n) is 7.84. The number of benzene rings is 4. The summed E-state index contributed by atoms with van der Waals surface area (Å²) in [7, 11) is 0. The molecule has 4 aromatic rings. The molecule has 5 N–H and O–H groups in total. The number of hydrogen-bond acceptors (Lipinski definition) is 8. The van der Waals surface area contributed by atoms with E-state index in [2.05, 4.69) is 30.8 Å². The first kappa shape index (κ1) is 31.3. The zero-order valence-electron chi connectivity index (χ0n) is 25.8. The molecule has 4 aromatic carbocycles. The van der Waals surface area contributed by atoms with Gasteiger partial charge >= 0.3 is 0 Å². The van der Waals surface area contributed by atoms with Crippen molar-refractivity contribution in [2.75, 3.05) is 24.2 Å². The van der Waals surface area contributed by atoms with Gasteiger partial charge in [0.1, 0.15) is 5.75 Å². The number of aliphatic hydroxyl groups excluding tert-OH is 1. The maximum Gasteiger partial charge on any atom is 0.196 e. The largest absolute Gasteiger partial charge is 0.593 e. The van der Waals surface area contributed by atoms with E-state index in [0.29, 0.717) is 33.1 Å². The molecule has 0 aromatic heterocycles. The van der Waals surface area contributed by atoms with E-state index in [9.17, 15) is 19.2 Å². The maximum atomic E-state index is 14.0. The molecule has 0 radical (unpaired) electrons. The average Bonchev–Trinajstić information content (AvgIpc) is 2.98. The third kappa shape index (κ3) is 5.71. The number of ether oxygens (including phenoxy) is 1. The van der Waals surface area contributed by atoms with Gasteiger partial charge in [-0.15, -0.1) is 4.72 Å². The van der Waals surface area contributed by atoms with Gasteiger partial charge in [-0.3, -0.25) is 9.59 Å². The summed E-state index contributed by atoms with van der Waals surface area (Å²) in [6.45, 7) is 12.0. The SMILES string of the molecule is Cc1cc(C)c([S+]([O-])NCCO)c(C)c1Nc1cc(Oc2ccc(C(C)(C)C)cc2)c(N)c2c1C(=O)c1ccccc1C2=O. The number of ketones is 2. The van der Waals surface area contributed by atoms with Gasteiger partial charge in [-0.2, -0.15) is 0 Å². The Bertz CT molecular complexity index is 1780. The summed E-state index contributed by atoms with van der Waals surface area (Å²) in [4.78, 5) is 28.4. The van der Waals surface area contributed by atoms with Crippen molar-refractivity contribution in [3.8, 4) is 11.5 Å². The molecule has 0 fully saturated rings. The van der Waals surface area contributed by atoms with Crippen molar-refractivity contribution in [2.24, 2.45) is 0 Å². The monoisotopic (exact) mass is 611 g/mol. The van der Waals surface area contributed by atoms with Crippen LogP contribution in [0.2, 0.25) is 0 Å². The number of nitrogens with two attached hydrogens (primary N) is 1. The zero-order valence-corrected chi connectivity index (χ0v) is 26.6. The molecule has 0 saturated carbocycles. The lowest BCUT2D eigenvalue weighted by molar-refractivity contribution is 0.0980. The summed E-state index contributed by atoms with van der Waals surface area (Å²) in [5.41, 5.74) is 11.9. The van der Waals surface area contributed by atoms with Crippen LogP contribution in [0.5, 0.6) is 11.5 Å². The van der Waals surface area contributed by atoms with E-state index in [1.807, 2.05) is 51.1 Å². The molecule has 0 saturated heterocycles. The highest BCUT2D eigenvalue weighted by Gasteiger charge is 2.36. The summed E-state index contributed by atoms with van der Waals surface area (Å²) in [5, 5.41) is 12.6. The highest BCUT2D eigenvalue weighted by atomic mass is 32.2. The minimum atomic E-state index is -1.59. The summed E-state index contributed by atoms with van der Waals surface area (Å²) in [5.74, 6) is 0.0602. The number of anilines is 3. The van der Waals surface area contributed by atoms with Gasteiger partial charge in [0.2, 0.25) is 0 Å². The number of nitrogens with one attached hydrogen (secondary N) is 2. The highest BCUT2D eigenvalue weighted by Crippen LogP contribution is 2.44. The topological polar surface area (TPSA) is 137 Å². The number of carbonyl (C=O) groups excluding carboxylic acids is 2. The summed E-state index contributed by atoms with van der Waals surface area (Å²) in [6.07, 6.45) is 0. The molecule has 1 unspecified atom stereocenters. The Morgan fingerprint density at radius 1 is 0.909 bits per heavy atom. The van der Waals surface area contributed by atoms with Gasteiger partial charge in [0, 0.05) is 34.0 Å². The van der Waals surface area contributed by atoms with Crippen molar-refractivity contribution >= 4 is 40.0 Å². The van der Waals surface area contributed by atoms with Crippen LogP contribution in [0.15, 0.2) is 65.6 Å². The van der Waals surface area contributed by atoms with Crippen LogP contribution in [-0.2, 0) is 16.8 Å². The molecule has 44 heavy (non-hydrogen) atoms. The fraction of sp³-hybridized carbons (Fsp3) is 0.257. The highest BCUT2D eigenvalue weighted by molar-refractivity contribution is 7.89. The van der Waals surface area contributed by atoms with Crippen LogP contribution >= 0.6 is 0 Å². The molecule has 0 amide bonds. The summed E-state index contributed by atoms with van der Waals surface area (Å²) < 4.78 is 22.2. The number of nitrogen functional groups attached to an aromatic ring is 1. The van der Waals surface area contributed by atoms with Gasteiger partial charge in [-0.25, -0.2) is 0 Å². The number of aliphatic hydroxyl groups is 1. The lowest BCUT2D eigenvalue weighted by Gasteiger charge is -2.26. The molecular formula is C35H37N3O5S. The van der Waals surface area contributed by atoms with Crippen LogP contribution in [0.3, 0.4) is 0 Å². The third-order valence-corrected chi connectivity index (χ3v) is 9.30. The second-order valence-electron chi connectivity index (χ2n) is 12.0. The Labute approximate surface area is 261 Å². The van der Waals surface area contributed by atoms with E-state index in [-0.39, 0.29) is 58.3 Å². The number of hydrogen-bond donors (Lipinski definition) is 4. The standard InChI is InChI=1S/C35H37N3O5S/c1-19-17-20(2)34(44(42)37-15-16-39)21(3)31(19)38-26-18-27(43-23-13-11-22(12-14-23)35(4,5)6)30(36)29-28(26)32(40)24-9-7-8-10-25(24)33(29)41/h7-14,17-18,37-39H,15-16,36H2,1-6H3. The second kappa shape index (κ2) is 12.1. The molecule has 0 bridgehead atoms. The van der Waals surface area contributed by atoms with Crippen LogP contribution in [-0.4, -0.2) is 34.4 Å². The molecule has 0 heterocycles. The van der Waals surface area contributed by atoms with Gasteiger partial charge in [-0.05, 0) is 55.5 Å². The van der Waals surface area contributed by atoms with Gasteiger partial charge in [0.05, 0.1) is 47.0 Å². The lowest BCUT2D eigenvalue weighted by atomic mass is 9.82. The first-order valence-corrected chi connectivity index (χ1v) is 15.6. The number of rotatable bonds is 8. The molecule has 5 rings (SSSR count). The predicted molar refractivity (Wildman–Crippen MR) is 175 cm³/mol. The maximum absolute atomic E-state index is 14.0. The quantitative estimate of drug-likeness (QED) is 0.117. The van der Waals surface area contributed by atoms with E-state index in [4.69, 9.17) is 10.5 Å². The van der Waals surface area contributed by atoms with Crippen molar-refractivity contribution in [1.29, 1.82) is 0 Å². The van der Waals surface area contributed by atoms with Crippen molar-refractivity contribution in [3.05, 3.63) is 105 Å². The van der Waals surface area contributed by atoms with E-state index in [1.165, 1.54) is 0 Å². The first-order valence-electron chi connectivity index (χ1n) is 14.4. The van der Waals surface area contributed by atoms with E-state index in [1.54, 1.807) is 30.3 Å². The number of aryl methyl sites for hydroxylation is 2. The fourth-order valence-electron chi connectivity index (χ4n) is 5.62. The van der Waals surface area contributed by atoms with E-state index >= 15 is 0 Å². The smallest absolute Gasteiger partial charge is 0.196 e. The van der Waals surface area contributed by atoms with Crippen molar-refractivity contribution in [2.45, 2.75) is 51.9 Å². The average molecular weight is 612 g/mol. The Kier molecular flexibility index (Phi) is 8.59. The van der Waals surface area contributed by atoms with Crippen molar-refractivity contribution in [3.63, 3.8) is 0 Å². The van der Waals surface area contributed by atoms with Crippen LogP contribution in [0.1, 0.15) is 74.9 Å². The Hall–Kier alpha value is -4.15. The van der Waals surface area contributed by atoms with Crippen LogP contribution in [0.25, 0.3) is 0 Å². The minimum absolute atomic E-state index is 0.0411. The lowest BCUT2D eigenvalue weighted by Crippen LogP contribution is -2.28. The van der Waals surface area contributed by atoms with Crippen molar-refractivity contribution in [1.82, 2.24) is 4.72 Å². The zero-order chi connectivity index (χ0) is 31.9. The minimum Gasteiger partial charge on any atom is -0.593 e. The van der Waals surface area contributed by atoms with Crippen LogP contribution < -0.4 is 20.5 Å². The Balaban J connectivity index is 1.67. The van der Waals surface area contributed by atoms with Crippen molar-refractivity contribution < 1.29 is 24.0 Å². The van der Waals surface area contributed by atoms with Gasteiger partial charge in [0.25, 0.3) is 0 Å². The van der Waals surface area contributed by atoms with Crippen LogP contribution in [0.4, 0.5) is 17.1 Å². The molecule has 228 valence electrons. The fourth-order valence-corrected chi connectivity index (χ4v) is 6.77. The first-order chi connectivity index (χ1) is 20.8. The molecule has 8 nitrogen and oxygen atoms in total. The molecule has 9 heteroatoms. The summed E-state index contributed by atoms with van der Waals surface area (Å²) >= 11 is -1.59. The second-order valence-corrected chi connectivity index (χ2v) is 13.3. The van der Waals surface area contributed by atoms with Gasteiger partial charge in [-0.1, -0.05) is 57.2 Å². The normalized spacial score (nSPS) is 13.4. The van der Waals surface area contributed by atoms with Crippen LogP contribution in [0, 0.1) is 20.8 Å². The van der Waals surface area contributed by atoms with E-state index in [0.717, 1.165) is 16.7 Å². The van der Waals surface area contributed by atoms with Gasteiger partial charge < -0.3 is 25.4 Å². The Morgan fingerprint density at radius 2 is 1.52 bits per heavy atom. The molecular weight excluding hydrogens is 574 g/mol. The summed E-state index contributed by atoms with van der Waals surface area (Å²) in [6, 6.07) is 17.9. The van der Waals surface area contributed by atoms with Gasteiger partial charge in [0.15, 0.2) is 22.2 Å². The molecule has 0 spiro atoms. The predicted octanol–water partition coefficient (Wildman–Crippen LogP) is 6.41. The number of carbonyl (C=O) groups is 2.